The zero-order valence-corrected chi connectivity index (χ0v) is 54.5. The lowest BCUT2D eigenvalue weighted by molar-refractivity contribution is -0.143. The van der Waals surface area contributed by atoms with Crippen molar-refractivity contribution >= 4 is 11.9 Å². The number of hydrogen-bond donors (Lipinski definition) is 3. The lowest BCUT2D eigenvalue weighted by Crippen LogP contribution is -2.45. The van der Waals surface area contributed by atoms with Crippen LogP contribution in [0.2, 0.25) is 0 Å². The number of esters is 1. The number of unbranched alkanes of at least 4 members (excludes halogenated alkanes) is 51. The standard InChI is InChI=1S/C75H141NO5/c1-3-5-7-9-11-13-15-17-18-40-44-47-51-55-59-63-67-73(78)72(71-77)76-74(79)68-64-60-56-52-48-45-41-38-36-34-32-30-28-26-24-22-20-19-21-23-25-27-29-31-33-35-37-39-42-46-50-54-58-62-66-70-81-75(80)69-65-61-57-53-49-43-16-14-12-10-8-6-4-2/h8,10,14,16,21,23,63,67,72-73,77-78H,3-7,9,11-13,15,17-20,22,24-62,64-66,68-71H2,1-2H3,(H,76,79)/b10-8-,16-14-,23-21-,67-63+. The maximum Gasteiger partial charge on any atom is 0.305 e. The van der Waals surface area contributed by atoms with Gasteiger partial charge in [0.1, 0.15) is 0 Å². The molecule has 0 saturated carbocycles. The van der Waals surface area contributed by atoms with Gasteiger partial charge in [-0.15, -0.1) is 0 Å². The summed E-state index contributed by atoms with van der Waals surface area (Å²) in [5.74, 6) is -0.0575. The van der Waals surface area contributed by atoms with Crippen LogP contribution in [0.25, 0.3) is 0 Å². The second kappa shape index (κ2) is 70.3. The van der Waals surface area contributed by atoms with Gasteiger partial charge in [0.05, 0.1) is 25.4 Å². The topological polar surface area (TPSA) is 95.9 Å². The van der Waals surface area contributed by atoms with Gasteiger partial charge >= 0.3 is 5.97 Å². The van der Waals surface area contributed by atoms with Crippen LogP contribution >= 0.6 is 0 Å². The number of amides is 1. The van der Waals surface area contributed by atoms with Crippen molar-refractivity contribution in [3.05, 3.63) is 48.6 Å². The van der Waals surface area contributed by atoms with Crippen molar-refractivity contribution in [3.63, 3.8) is 0 Å². The molecule has 0 aliphatic carbocycles. The van der Waals surface area contributed by atoms with E-state index < -0.39 is 12.1 Å². The van der Waals surface area contributed by atoms with E-state index in [2.05, 4.69) is 55.6 Å². The molecular formula is C75H141NO5. The molecule has 0 aromatic heterocycles. The monoisotopic (exact) mass is 1140 g/mol. The van der Waals surface area contributed by atoms with Crippen LogP contribution in [0.15, 0.2) is 48.6 Å². The zero-order chi connectivity index (χ0) is 58.5. The fourth-order valence-electron chi connectivity index (χ4n) is 11.3. The Balaban J connectivity index is 3.36. The highest BCUT2D eigenvalue weighted by molar-refractivity contribution is 5.76. The average Bonchev–Trinajstić information content (AvgIpc) is 3.47. The van der Waals surface area contributed by atoms with Crippen LogP contribution < -0.4 is 5.32 Å². The Morgan fingerprint density at radius 1 is 0.346 bits per heavy atom. The molecular weight excluding hydrogens is 995 g/mol. The van der Waals surface area contributed by atoms with E-state index in [0.717, 1.165) is 51.4 Å². The van der Waals surface area contributed by atoms with Crippen molar-refractivity contribution < 1.29 is 24.5 Å². The molecule has 2 atom stereocenters. The Morgan fingerprint density at radius 3 is 1.00 bits per heavy atom. The summed E-state index contributed by atoms with van der Waals surface area (Å²) in [6, 6.07) is -0.625. The summed E-state index contributed by atoms with van der Waals surface area (Å²) < 4.78 is 5.48. The van der Waals surface area contributed by atoms with Gasteiger partial charge in [-0.2, -0.15) is 0 Å². The smallest absolute Gasteiger partial charge is 0.305 e. The molecule has 0 radical (unpaired) electrons. The van der Waals surface area contributed by atoms with Crippen LogP contribution in [-0.2, 0) is 14.3 Å². The van der Waals surface area contributed by atoms with E-state index in [1.165, 1.54) is 315 Å². The van der Waals surface area contributed by atoms with Crippen LogP contribution in [0.3, 0.4) is 0 Å². The summed E-state index contributed by atoms with van der Waals surface area (Å²) in [4.78, 5) is 24.5. The van der Waals surface area contributed by atoms with Crippen molar-refractivity contribution in [3.8, 4) is 0 Å². The second-order valence-corrected chi connectivity index (χ2v) is 24.9. The van der Waals surface area contributed by atoms with Gasteiger partial charge < -0.3 is 20.3 Å². The number of carbonyl (C=O) groups is 2. The van der Waals surface area contributed by atoms with Crippen molar-refractivity contribution in [2.45, 2.75) is 405 Å². The van der Waals surface area contributed by atoms with Crippen molar-refractivity contribution in [1.82, 2.24) is 5.32 Å². The van der Waals surface area contributed by atoms with E-state index in [-0.39, 0.29) is 18.5 Å². The number of allylic oxidation sites excluding steroid dienone is 7. The van der Waals surface area contributed by atoms with E-state index in [1.807, 2.05) is 6.08 Å². The van der Waals surface area contributed by atoms with Gasteiger partial charge in [-0.05, 0) is 83.5 Å². The van der Waals surface area contributed by atoms with Crippen LogP contribution in [0.4, 0.5) is 0 Å². The number of aliphatic hydroxyl groups excluding tert-OH is 2. The van der Waals surface area contributed by atoms with Crippen LogP contribution in [0.1, 0.15) is 393 Å². The first-order valence-electron chi connectivity index (χ1n) is 36.4. The first-order valence-corrected chi connectivity index (χ1v) is 36.4. The molecule has 2 unspecified atom stereocenters. The maximum atomic E-state index is 12.5. The highest BCUT2D eigenvalue weighted by Gasteiger charge is 2.18. The van der Waals surface area contributed by atoms with Crippen LogP contribution in [0, 0.1) is 0 Å². The van der Waals surface area contributed by atoms with Gasteiger partial charge in [0.25, 0.3) is 0 Å². The lowest BCUT2D eigenvalue weighted by atomic mass is 10.0. The molecule has 0 aliphatic heterocycles. The minimum absolute atomic E-state index is 0.00460. The molecule has 0 saturated heterocycles. The largest absolute Gasteiger partial charge is 0.466 e. The average molecular weight is 1140 g/mol. The molecule has 1 amide bonds. The first-order chi connectivity index (χ1) is 40.0. The first kappa shape index (κ1) is 78.8. The molecule has 0 spiro atoms. The maximum absolute atomic E-state index is 12.5. The van der Waals surface area contributed by atoms with Crippen LogP contribution in [-0.4, -0.2) is 47.4 Å². The van der Waals surface area contributed by atoms with E-state index in [0.29, 0.717) is 19.4 Å². The highest BCUT2D eigenvalue weighted by atomic mass is 16.5. The summed E-state index contributed by atoms with van der Waals surface area (Å²) in [7, 11) is 0. The second-order valence-electron chi connectivity index (χ2n) is 24.9. The fraction of sp³-hybridized carbons (Fsp3) is 0.867. The summed E-state index contributed by atoms with van der Waals surface area (Å²) in [5.41, 5.74) is 0. The van der Waals surface area contributed by atoms with Gasteiger partial charge in [0, 0.05) is 12.8 Å². The summed E-state index contributed by atoms with van der Waals surface area (Å²) in [6.45, 7) is 4.86. The fourth-order valence-corrected chi connectivity index (χ4v) is 11.3. The Morgan fingerprint density at radius 2 is 0.642 bits per heavy atom. The van der Waals surface area contributed by atoms with Crippen LogP contribution in [0.5, 0.6) is 0 Å². The quantitative estimate of drug-likeness (QED) is 0.0320. The number of carbonyl (C=O) groups excluding carboxylic acids is 2. The van der Waals surface area contributed by atoms with Crippen molar-refractivity contribution in [1.29, 1.82) is 0 Å². The van der Waals surface area contributed by atoms with E-state index in [9.17, 15) is 19.8 Å². The minimum Gasteiger partial charge on any atom is -0.466 e. The Labute approximate surface area is 506 Å². The van der Waals surface area contributed by atoms with Crippen molar-refractivity contribution in [2.75, 3.05) is 13.2 Å². The van der Waals surface area contributed by atoms with Crippen molar-refractivity contribution in [2.24, 2.45) is 0 Å². The predicted octanol–water partition coefficient (Wildman–Crippen LogP) is 23.6. The summed E-state index contributed by atoms with van der Waals surface area (Å²) in [5, 5.41) is 23.2. The summed E-state index contributed by atoms with van der Waals surface area (Å²) >= 11 is 0. The van der Waals surface area contributed by atoms with Gasteiger partial charge in [0.15, 0.2) is 0 Å². The van der Waals surface area contributed by atoms with Gasteiger partial charge in [-0.3, -0.25) is 9.59 Å². The third-order valence-electron chi connectivity index (χ3n) is 16.8. The number of rotatable bonds is 68. The molecule has 6 heteroatoms. The minimum atomic E-state index is -0.842. The molecule has 0 fully saturated rings. The molecule has 6 nitrogen and oxygen atoms in total. The van der Waals surface area contributed by atoms with Gasteiger partial charge in [0.2, 0.25) is 5.91 Å². The summed E-state index contributed by atoms with van der Waals surface area (Å²) in [6.07, 6.45) is 92.1. The molecule has 0 rings (SSSR count). The molecule has 0 bridgehead atoms. The molecule has 3 N–H and O–H groups in total. The van der Waals surface area contributed by atoms with Gasteiger partial charge in [-0.25, -0.2) is 0 Å². The third kappa shape index (κ3) is 66.8. The number of nitrogens with one attached hydrogen (secondary N) is 1. The van der Waals surface area contributed by atoms with E-state index >= 15 is 0 Å². The number of hydrogen-bond acceptors (Lipinski definition) is 5. The predicted molar refractivity (Wildman–Crippen MR) is 356 cm³/mol. The molecule has 81 heavy (non-hydrogen) atoms. The highest BCUT2D eigenvalue weighted by Crippen LogP contribution is 2.18. The Hall–Kier alpha value is -2.18. The molecule has 0 aliphatic rings. The number of ether oxygens (including phenoxy) is 1. The van der Waals surface area contributed by atoms with E-state index in [1.54, 1.807) is 6.08 Å². The molecule has 0 heterocycles. The van der Waals surface area contributed by atoms with Gasteiger partial charge in [-0.1, -0.05) is 345 Å². The Bertz CT molecular complexity index is 1360. The third-order valence-corrected chi connectivity index (χ3v) is 16.8. The zero-order valence-electron chi connectivity index (χ0n) is 54.5. The van der Waals surface area contributed by atoms with E-state index in [4.69, 9.17) is 4.74 Å². The lowest BCUT2D eigenvalue weighted by Gasteiger charge is -2.20. The molecule has 0 aromatic carbocycles. The normalized spacial score (nSPS) is 12.8. The Kier molecular flexibility index (Phi) is 68.4. The SMILES string of the molecule is CCC/C=C\C/C=C\CCCCCCCC(=O)OCCCCCCCCCCCCCCCC/C=C\CCCCCCCCCCCCCCCCCCCC(=O)NC(CO)C(O)/C=C/CCCCCCCCCCCCCCCC. The molecule has 476 valence electrons. The molecule has 0 aromatic rings. The number of aliphatic hydroxyl groups is 2.